The van der Waals surface area contributed by atoms with Crippen LogP contribution in [0, 0.1) is 6.92 Å². The third-order valence-corrected chi connectivity index (χ3v) is 4.13. The van der Waals surface area contributed by atoms with Crippen molar-refractivity contribution in [2.75, 3.05) is 25.5 Å². The van der Waals surface area contributed by atoms with Crippen molar-refractivity contribution >= 4 is 21.6 Å². The van der Waals surface area contributed by atoms with Gasteiger partial charge >= 0.3 is 0 Å². The maximum Gasteiger partial charge on any atom is 0.0370 e. The van der Waals surface area contributed by atoms with Gasteiger partial charge in [0, 0.05) is 29.8 Å². The molecule has 0 atom stereocenters. The first kappa shape index (κ1) is 15.1. The Bertz CT molecular complexity index is 554. The second kappa shape index (κ2) is 7.46. The maximum absolute atomic E-state index is 3.60. The standard InChI is InChI=1S/C17H21BrN2/c1-14-7-3-6-10-17(14)19-11-12-20(2)13-15-8-4-5-9-16(15)18/h3-10,19H,11-13H2,1-2H3. The van der Waals surface area contributed by atoms with Gasteiger partial charge in [-0.05, 0) is 37.2 Å². The Labute approximate surface area is 129 Å². The van der Waals surface area contributed by atoms with Crippen LogP contribution in [-0.4, -0.2) is 25.0 Å². The van der Waals surface area contributed by atoms with Crippen LogP contribution in [0.2, 0.25) is 0 Å². The van der Waals surface area contributed by atoms with Gasteiger partial charge in [-0.1, -0.05) is 52.3 Å². The van der Waals surface area contributed by atoms with Gasteiger partial charge in [-0.3, -0.25) is 0 Å². The van der Waals surface area contributed by atoms with Crippen molar-refractivity contribution in [1.82, 2.24) is 4.90 Å². The van der Waals surface area contributed by atoms with Crippen molar-refractivity contribution in [2.45, 2.75) is 13.5 Å². The van der Waals surface area contributed by atoms with Crippen LogP contribution in [0.1, 0.15) is 11.1 Å². The summed E-state index contributed by atoms with van der Waals surface area (Å²) in [6.07, 6.45) is 0. The summed E-state index contributed by atoms with van der Waals surface area (Å²) in [5, 5.41) is 3.49. The lowest BCUT2D eigenvalue weighted by Gasteiger charge is -2.18. The number of halogens is 1. The molecule has 0 aromatic heterocycles. The molecule has 2 rings (SSSR count). The number of rotatable bonds is 6. The molecule has 2 aromatic carbocycles. The van der Waals surface area contributed by atoms with Crippen molar-refractivity contribution < 1.29 is 0 Å². The van der Waals surface area contributed by atoms with Gasteiger partial charge in [-0.2, -0.15) is 0 Å². The molecule has 3 heteroatoms. The number of aryl methyl sites for hydroxylation is 1. The Morgan fingerprint density at radius 1 is 1.05 bits per heavy atom. The highest BCUT2D eigenvalue weighted by Gasteiger charge is 2.03. The lowest BCUT2D eigenvalue weighted by Crippen LogP contribution is -2.25. The molecule has 0 unspecified atom stereocenters. The van der Waals surface area contributed by atoms with Gasteiger partial charge in [0.25, 0.3) is 0 Å². The van der Waals surface area contributed by atoms with Gasteiger partial charge in [0.15, 0.2) is 0 Å². The number of para-hydroxylation sites is 1. The molecule has 2 nitrogen and oxygen atoms in total. The Morgan fingerprint density at radius 3 is 2.50 bits per heavy atom. The molecule has 0 fully saturated rings. The molecule has 1 N–H and O–H groups in total. The Hall–Kier alpha value is -1.32. The molecule has 0 heterocycles. The summed E-state index contributed by atoms with van der Waals surface area (Å²) >= 11 is 3.60. The maximum atomic E-state index is 3.60. The van der Waals surface area contributed by atoms with Gasteiger partial charge in [-0.25, -0.2) is 0 Å². The number of nitrogens with zero attached hydrogens (tertiary/aromatic N) is 1. The predicted octanol–water partition coefficient (Wildman–Crippen LogP) is 4.30. The highest BCUT2D eigenvalue weighted by Crippen LogP contribution is 2.17. The van der Waals surface area contributed by atoms with Crippen LogP contribution in [0.25, 0.3) is 0 Å². The number of nitrogens with one attached hydrogen (secondary N) is 1. The Morgan fingerprint density at radius 2 is 1.75 bits per heavy atom. The minimum atomic E-state index is 0.950. The molecule has 0 spiro atoms. The first-order valence-corrected chi connectivity index (χ1v) is 7.67. The average Bonchev–Trinajstić information content (AvgIpc) is 2.43. The molecule has 0 saturated heterocycles. The quantitative estimate of drug-likeness (QED) is 0.848. The highest BCUT2D eigenvalue weighted by atomic mass is 79.9. The summed E-state index contributed by atoms with van der Waals surface area (Å²) in [6, 6.07) is 16.8. The van der Waals surface area contributed by atoms with Crippen LogP contribution < -0.4 is 5.32 Å². The van der Waals surface area contributed by atoms with E-state index in [0.29, 0.717) is 0 Å². The zero-order valence-corrected chi connectivity index (χ0v) is 13.7. The second-order valence-corrected chi connectivity index (χ2v) is 5.93. The molecule has 0 aliphatic heterocycles. The zero-order valence-electron chi connectivity index (χ0n) is 12.1. The van der Waals surface area contributed by atoms with Crippen molar-refractivity contribution in [2.24, 2.45) is 0 Å². The molecule has 0 saturated carbocycles. The zero-order chi connectivity index (χ0) is 14.4. The van der Waals surface area contributed by atoms with E-state index >= 15 is 0 Å². The van der Waals surface area contributed by atoms with Crippen LogP contribution in [0.3, 0.4) is 0 Å². The summed E-state index contributed by atoms with van der Waals surface area (Å²) in [6.45, 7) is 5.05. The number of likely N-dealkylation sites (N-methyl/N-ethyl adjacent to an activating group) is 1. The molecule has 106 valence electrons. The molecule has 0 amide bonds. The van der Waals surface area contributed by atoms with E-state index in [1.54, 1.807) is 0 Å². The van der Waals surface area contributed by atoms with Crippen molar-refractivity contribution in [1.29, 1.82) is 0 Å². The van der Waals surface area contributed by atoms with Crippen molar-refractivity contribution in [3.63, 3.8) is 0 Å². The summed E-state index contributed by atoms with van der Waals surface area (Å²) in [5.74, 6) is 0. The van der Waals surface area contributed by atoms with Crippen molar-refractivity contribution in [3.8, 4) is 0 Å². The summed E-state index contributed by atoms with van der Waals surface area (Å²) in [5.41, 5.74) is 3.84. The fourth-order valence-electron chi connectivity index (χ4n) is 2.15. The molecule has 0 radical (unpaired) electrons. The lowest BCUT2D eigenvalue weighted by atomic mass is 10.2. The summed E-state index contributed by atoms with van der Waals surface area (Å²) < 4.78 is 1.18. The number of hydrogen-bond donors (Lipinski definition) is 1. The monoisotopic (exact) mass is 332 g/mol. The molecule has 0 aliphatic carbocycles. The van der Waals surface area contributed by atoms with Crippen LogP contribution in [0.4, 0.5) is 5.69 Å². The van der Waals surface area contributed by atoms with Crippen molar-refractivity contribution in [3.05, 3.63) is 64.1 Å². The summed E-state index contributed by atoms with van der Waals surface area (Å²) in [7, 11) is 2.15. The SMILES string of the molecule is Cc1ccccc1NCCN(C)Cc1ccccc1Br. The minimum Gasteiger partial charge on any atom is -0.384 e. The minimum absolute atomic E-state index is 0.950. The fraction of sp³-hybridized carbons (Fsp3) is 0.294. The molecule has 0 aliphatic rings. The molecule has 0 bridgehead atoms. The average molecular weight is 333 g/mol. The number of benzene rings is 2. The first-order valence-electron chi connectivity index (χ1n) is 6.88. The van der Waals surface area contributed by atoms with Crippen LogP contribution in [-0.2, 0) is 6.54 Å². The van der Waals surface area contributed by atoms with Gasteiger partial charge in [-0.15, -0.1) is 0 Å². The van der Waals surface area contributed by atoms with Gasteiger partial charge in [0.05, 0.1) is 0 Å². The largest absolute Gasteiger partial charge is 0.384 e. The van der Waals surface area contributed by atoms with Crippen LogP contribution in [0.15, 0.2) is 53.0 Å². The van der Waals surface area contributed by atoms with E-state index < -0.39 is 0 Å². The topological polar surface area (TPSA) is 15.3 Å². The van der Waals surface area contributed by atoms with Gasteiger partial charge < -0.3 is 10.2 Å². The van der Waals surface area contributed by atoms with E-state index in [2.05, 4.69) is 82.6 Å². The van der Waals surface area contributed by atoms with Gasteiger partial charge in [0.2, 0.25) is 0 Å². The van der Waals surface area contributed by atoms with E-state index in [0.717, 1.165) is 19.6 Å². The molecular formula is C17H21BrN2. The second-order valence-electron chi connectivity index (χ2n) is 5.07. The van der Waals surface area contributed by atoms with E-state index in [1.807, 2.05) is 6.07 Å². The van der Waals surface area contributed by atoms with Crippen LogP contribution >= 0.6 is 15.9 Å². The third-order valence-electron chi connectivity index (χ3n) is 3.35. The molecule has 20 heavy (non-hydrogen) atoms. The number of anilines is 1. The Kier molecular flexibility index (Phi) is 5.62. The number of hydrogen-bond acceptors (Lipinski definition) is 2. The van der Waals surface area contributed by atoms with E-state index in [1.165, 1.54) is 21.3 Å². The molecule has 2 aromatic rings. The van der Waals surface area contributed by atoms with Crippen LogP contribution in [0.5, 0.6) is 0 Å². The third kappa shape index (κ3) is 4.36. The lowest BCUT2D eigenvalue weighted by molar-refractivity contribution is 0.339. The first-order chi connectivity index (χ1) is 9.66. The van der Waals surface area contributed by atoms with E-state index in [9.17, 15) is 0 Å². The fourth-order valence-corrected chi connectivity index (χ4v) is 2.56. The molecular weight excluding hydrogens is 312 g/mol. The van der Waals surface area contributed by atoms with Gasteiger partial charge in [0.1, 0.15) is 0 Å². The normalized spacial score (nSPS) is 10.8. The Balaban J connectivity index is 1.80. The smallest absolute Gasteiger partial charge is 0.0370 e. The predicted molar refractivity (Wildman–Crippen MR) is 90.1 cm³/mol. The van der Waals surface area contributed by atoms with E-state index in [-0.39, 0.29) is 0 Å². The summed E-state index contributed by atoms with van der Waals surface area (Å²) in [4.78, 5) is 2.32. The van der Waals surface area contributed by atoms with E-state index in [4.69, 9.17) is 0 Å². The highest BCUT2D eigenvalue weighted by molar-refractivity contribution is 9.10.